The standard InChI is InChI=1S/C24H34Cl2N4O4/c1-34-22(30-12-9-24(7-8-24)20(31)16-30)3-2-10-28-13-14-29(11-6-21(28)32)23(33)27-17-4-5-18(25)19(26)15-17/h4-5,15,20,22,31H,2-3,6-14,16H2,1H3,(H,27,33)/t20-,22?/m1/s1. The predicted octanol–water partition coefficient (Wildman–Crippen LogP) is 3.66. The maximum absolute atomic E-state index is 12.7. The van der Waals surface area contributed by atoms with E-state index in [1.165, 1.54) is 0 Å². The summed E-state index contributed by atoms with van der Waals surface area (Å²) in [4.78, 5) is 31.1. The number of methoxy groups -OCH3 is 1. The fraction of sp³-hybridized carbons (Fsp3) is 0.667. The number of nitrogens with one attached hydrogen (secondary N) is 1. The van der Waals surface area contributed by atoms with Gasteiger partial charge in [-0.1, -0.05) is 23.2 Å². The molecule has 1 saturated carbocycles. The van der Waals surface area contributed by atoms with Crippen molar-refractivity contribution in [2.45, 2.75) is 50.9 Å². The molecule has 0 radical (unpaired) electrons. The zero-order chi connectivity index (χ0) is 24.3. The van der Waals surface area contributed by atoms with E-state index >= 15 is 0 Å². The van der Waals surface area contributed by atoms with E-state index in [0.29, 0.717) is 54.9 Å². The largest absolute Gasteiger partial charge is 0.391 e. The minimum absolute atomic E-state index is 0.0543. The number of nitrogens with zero attached hydrogens (tertiary/aromatic N) is 3. The Hall–Kier alpha value is -1.58. The third kappa shape index (κ3) is 5.97. The Bertz CT molecular complexity index is 898. The lowest BCUT2D eigenvalue weighted by Gasteiger charge is -2.40. The first-order valence-electron chi connectivity index (χ1n) is 12.0. The lowest BCUT2D eigenvalue weighted by atomic mass is 9.90. The molecule has 2 N–H and O–H groups in total. The molecule has 1 aromatic carbocycles. The molecule has 1 aliphatic carbocycles. The van der Waals surface area contributed by atoms with E-state index in [9.17, 15) is 14.7 Å². The van der Waals surface area contributed by atoms with Gasteiger partial charge in [0.25, 0.3) is 0 Å². The van der Waals surface area contributed by atoms with Crippen LogP contribution in [-0.4, -0.2) is 90.5 Å². The Morgan fingerprint density at radius 3 is 2.68 bits per heavy atom. The second kappa shape index (κ2) is 11.0. The number of aliphatic hydroxyl groups excluding tert-OH is 1. The monoisotopic (exact) mass is 512 g/mol. The van der Waals surface area contributed by atoms with Crippen molar-refractivity contribution in [1.29, 1.82) is 0 Å². The van der Waals surface area contributed by atoms with Gasteiger partial charge in [0.15, 0.2) is 0 Å². The summed E-state index contributed by atoms with van der Waals surface area (Å²) in [6.07, 6.45) is 4.87. The van der Waals surface area contributed by atoms with E-state index in [-0.39, 0.29) is 29.7 Å². The number of amides is 3. The zero-order valence-corrected chi connectivity index (χ0v) is 21.2. The molecule has 1 spiro atoms. The zero-order valence-electron chi connectivity index (χ0n) is 19.6. The van der Waals surface area contributed by atoms with Gasteiger partial charge in [0, 0.05) is 58.5 Å². The van der Waals surface area contributed by atoms with Crippen molar-refractivity contribution in [1.82, 2.24) is 14.7 Å². The van der Waals surface area contributed by atoms with Crippen LogP contribution >= 0.6 is 23.2 Å². The number of carbonyl (C=O) groups excluding carboxylic acids is 2. The lowest BCUT2D eigenvalue weighted by Crippen LogP contribution is -2.50. The van der Waals surface area contributed by atoms with Gasteiger partial charge in [0.1, 0.15) is 6.23 Å². The van der Waals surface area contributed by atoms with E-state index in [0.717, 1.165) is 38.6 Å². The van der Waals surface area contributed by atoms with Gasteiger partial charge in [-0.3, -0.25) is 9.69 Å². The number of benzene rings is 1. The highest BCUT2D eigenvalue weighted by molar-refractivity contribution is 6.42. The van der Waals surface area contributed by atoms with Crippen LogP contribution in [-0.2, 0) is 9.53 Å². The van der Waals surface area contributed by atoms with Crippen LogP contribution in [0, 0.1) is 5.41 Å². The number of hydrogen-bond acceptors (Lipinski definition) is 5. The Kier molecular flexibility index (Phi) is 8.25. The molecule has 4 rings (SSSR count). The van der Waals surface area contributed by atoms with E-state index in [2.05, 4.69) is 10.2 Å². The van der Waals surface area contributed by atoms with Crippen LogP contribution in [0.1, 0.15) is 38.5 Å². The number of likely N-dealkylation sites (tertiary alicyclic amines) is 1. The Morgan fingerprint density at radius 2 is 2.00 bits per heavy atom. The summed E-state index contributed by atoms with van der Waals surface area (Å²) in [6, 6.07) is 4.67. The van der Waals surface area contributed by atoms with Crippen molar-refractivity contribution in [2.24, 2.45) is 5.41 Å². The first-order chi connectivity index (χ1) is 16.3. The van der Waals surface area contributed by atoms with Crippen LogP contribution in [0.15, 0.2) is 18.2 Å². The smallest absolute Gasteiger partial charge is 0.321 e. The van der Waals surface area contributed by atoms with E-state index in [4.69, 9.17) is 27.9 Å². The number of carbonyl (C=O) groups is 2. The van der Waals surface area contributed by atoms with Gasteiger partial charge in [-0.25, -0.2) is 4.79 Å². The summed E-state index contributed by atoms with van der Waals surface area (Å²) < 4.78 is 5.72. The number of piperidine rings is 1. The number of β-amino-alcohol motifs (C(OH)–C–C–N with tert-alkyl or cyclic N) is 1. The molecule has 3 aliphatic rings. The molecule has 10 heteroatoms. The minimum atomic E-state index is -0.271. The van der Waals surface area contributed by atoms with Crippen LogP contribution in [0.2, 0.25) is 10.0 Å². The number of hydrogen-bond donors (Lipinski definition) is 2. The van der Waals surface area contributed by atoms with Crippen LogP contribution in [0.5, 0.6) is 0 Å². The molecule has 2 heterocycles. The first kappa shape index (κ1) is 25.5. The number of halogens is 2. The molecule has 34 heavy (non-hydrogen) atoms. The predicted molar refractivity (Wildman–Crippen MR) is 132 cm³/mol. The first-order valence-corrected chi connectivity index (χ1v) is 12.8. The normalized spacial score (nSPS) is 23.6. The summed E-state index contributed by atoms with van der Waals surface area (Å²) in [5.41, 5.74) is 0.735. The van der Waals surface area contributed by atoms with Crippen molar-refractivity contribution in [3.05, 3.63) is 28.2 Å². The fourth-order valence-corrected chi connectivity index (χ4v) is 5.33. The summed E-state index contributed by atoms with van der Waals surface area (Å²) in [5.74, 6) is 0.0582. The average molecular weight is 513 g/mol. The van der Waals surface area contributed by atoms with Gasteiger partial charge in [0.05, 0.1) is 16.1 Å². The highest BCUT2D eigenvalue weighted by Gasteiger charge is 2.51. The lowest BCUT2D eigenvalue weighted by molar-refractivity contribution is -0.130. The topological polar surface area (TPSA) is 85.4 Å². The van der Waals surface area contributed by atoms with Crippen molar-refractivity contribution in [3.8, 4) is 0 Å². The molecule has 0 bridgehead atoms. The van der Waals surface area contributed by atoms with E-state index in [1.54, 1.807) is 30.2 Å². The van der Waals surface area contributed by atoms with Gasteiger partial charge in [0.2, 0.25) is 5.91 Å². The van der Waals surface area contributed by atoms with E-state index in [1.807, 2.05) is 4.90 Å². The minimum Gasteiger partial charge on any atom is -0.391 e. The third-order valence-corrected chi connectivity index (χ3v) is 8.25. The maximum Gasteiger partial charge on any atom is 0.321 e. The molecule has 1 aromatic rings. The summed E-state index contributed by atoms with van der Waals surface area (Å²) in [5, 5.41) is 14.1. The number of ether oxygens (including phenoxy) is 1. The second-order valence-electron chi connectivity index (χ2n) is 9.63. The Labute approximate surface area is 211 Å². The number of aliphatic hydroxyl groups is 1. The van der Waals surface area contributed by atoms with Crippen LogP contribution in [0.25, 0.3) is 0 Å². The van der Waals surface area contributed by atoms with Gasteiger partial charge < -0.3 is 25.0 Å². The molecule has 1 unspecified atom stereocenters. The van der Waals surface area contributed by atoms with Crippen LogP contribution in [0.3, 0.4) is 0 Å². The molecular weight excluding hydrogens is 479 g/mol. The summed E-state index contributed by atoms with van der Waals surface area (Å²) in [7, 11) is 1.71. The van der Waals surface area contributed by atoms with Crippen molar-refractivity contribution < 1.29 is 19.4 Å². The van der Waals surface area contributed by atoms with Crippen molar-refractivity contribution >= 4 is 40.8 Å². The molecule has 8 nitrogen and oxygen atoms in total. The van der Waals surface area contributed by atoms with Crippen molar-refractivity contribution in [3.63, 3.8) is 0 Å². The number of anilines is 1. The maximum atomic E-state index is 12.7. The third-order valence-electron chi connectivity index (χ3n) is 7.51. The van der Waals surface area contributed by atoms with E-state index < -0.39 is 0 Å². The SMILES string of the molecule is COC(CCCN1CCN(C(=O)Nc2ccc(Cl)c(Cl)c2)CCC1=O)N1CCC2(CC2)[C@H](O)C1. The molecule has 2 aliphatic heterocycles. The highest BCUT2D eigenvalue weighted by Crippen LogP contribution is 2.53. The number of rotatable bonds is 7. The average Bonchev–Trinajstić information content (AvgIpc) is 3.62. The molecule has 3 fully saturated rings. The van der Waals surface area contributed by atoms with Gasteiger partial charge in [-0.2, -0.15) is 0 Å². The molecular formula is C24H34Cl2N4O4. The molecule has 0 aromatic heterocycles. The van der Waals surface area contributed by atoms with Crippen LogP contribution < -0.4 is 5.32 Å². The second-order valence-corrected chi connectivity index (χ2v) is 10.4. The number of urea groups is 1. The molecule has 3 amide bonds. The quantitative estimate of drug-likeness (QED) is 0.582. The fourth-order valence-electron chi connectivity index (χ4n) is 5.03. The van der Waals surface area contributed by atoms with Gasteiger partial charge in [-0.15, -0.1) is 0 Å². The van der Waals surface area contributed by atoms with Gasteiger partial charge in [-0.05, 0) is 55.7 Å². The molecule has 2 atom stereocenters. The highest BCUT2D eigenvalue weighted by atomic mass is 35.5. The van der Waals surface area contributed by atoms with Gasteiger partial charge >= 0.3 is 6.03 Å². The molecule has 188 valence electrons. The Balaban J connectivity index is 1.23. The molecule has 2 saturated heterocycles. The summed E-state index contributed by atoms with van der Waals surface area (Å²) in [6.45, 7) is 3.56. The van der Waals surface area contributed by atoms with Crippen molar-refractivity contribution in [2.75, 3.05) is 51.7 Å². The summed E-state index contributed by atoms with van der Waals surface area (Å²) >= 11 is 12.0. The van der Waals surface area contributed by atoms with Crippen LogP contribution in [0.4, 0.5) is 10.5 Å². The Morgan fingerprint density at radius 1 is 1.21 bits per heavy atom.